The van der Waals surface area contributed by atoms with Crippen LogP contribution in [0, 0.1) is 5.82 Å². The van der Waals surface area contributed by atoms with Crippen LogP contribution in [0.15, 0.2) is 90.5 Å². The standard InChI is InChI=1S/C34H35Cl3FN3O4.C2H6/c35-34(36,37)32(43)39-33(21-25-10-12-28(38)13-11-25)22-26(23-33)24-41(31(42)27-6-2-1-3-7-27)29-8-4-9-30(20-29)45-17-5-14-40-15-18-44-19-16-40;1-2/h1-4,6-13,20,22H,5,14-19,21,23-24H2,(H,39,43);1-2H3. The van der Waals surface area contributed by atoms with Crippen LogP contribution in [-0.4, -0.2) is 72.0 Å². The summed E-state index contributed by atoms with van der Waals surface area (Å²) >= 11 is 17.6. The number of benzene rings is 3. The van der Waals surface area contributed by atoms with Gasteiger partial charge >= 0.3 is 0 Å². The van der Waals surface area contributed by atoms with E-state index in [2.05, 4.69) is 10.2 Å². The third-order valence-corrected chi connectivity index (χ3v) is 8.34. The highest BCUT2D eigenvalue weighted by Crippen LogP contribution is 2.38. The van der Waals surface area contributed by atoms with Crippen LogP contribution in [0.4, 0.5) is 10.1 Å². The Labute approximate surface area is 291 Å². The molecule has 7 nitrogen and oxygen atoms in total. The van der Waals surface area contributed by atoms with Gasteiger partial charge in [0.25, 0.3) is 15.6 Å². The molecule has 1 aliphatic carbocycles. The van der Waals surface area contributed by atoms with E-state index in [0.29, 0.717) is 36.4 Å². The van der Waals surface area contributed by atoms with E-state index in [1.807, 2.05) is 62.4 Å². The van der Waals surface area contributed by atoms with Gasteiger partial charge in [0.1, 0.15) is 11.6 Å². The molecule has 47 heavy (non-hydrogen) atoms. The van der Waals surface area contributed by atoms with Crippen molar-refractivity contribution >= 4 is 52.3 Å². The van der Waals surface area contributed by atoms with E-state index < -0.39 is 15.2 Å². The summed E-state index contributed by atoms with van der Waals surface area (Å²) in [6, 6.07) is 22.6. The van der Waals surface area contributed by atoms with Crippen molar-refractivity contribution < 1.29 is 23.5 Å². The first kappa shape index (κ1) is 36.7. The minimum Gasteiger partial charge on any atom is -0.493 e. The van der Waals surface area contributed by atoms with Gasteiger partial charge in [0, 0.05) is 43.5 Å². The lowest BCUT2D eigenvalue weighted by Gasteiger charge is -2.43. The second-order valence-corrected chi connectivity index (χ2v) is 13.6. The Morgan fingerprint density at radius 1 is 1.00 bits per heavy atom. The third kappa shape index (κ3) is 10.7. The van der Waals surface area contributed by atoms with E-state index in [9.17, 15) is 14.0 Å². The summed E-state index contributed by atoms with van der Waals surface area (Å²) in [6.07, 6.45) is 3.51. The topological polar surface area (TPSA) is 71.1 Å². The van der Waals surface area contributed by atoms with Gasteiger partial charge in [-0.3, -0.25) is 14.5 Å². The average Bonchev–Trinajstić information content (AvgIpc) is 3.07. The van der Waals surface area contributed by atoms with Crippen LogP contribution >= 0.6 is 34.8 Å². The minimum absolute atomic E-state index is 0.178. The van der Waals surface area contributed by atoms with Crippen LogP contribution in [0.3, 0.4) is 0 Å². The zero-order chi connectivity index (χ0) is 33.9. The van der Waals surface area contributed by atoms with Gasteiger partial charge in [0.15, 0.2) is 0 Å². The second kappa shape index (κ2) is 17.3. The molecule has 252 valence electrons. The molecule has 1 N–H and O–H groups in total. The molecule has 5 rings (SSSR count). The van der Waals surface area contributed by atoms with Crippen LogP contribution in [0.25, 0.3) is 0 Å². The van der Waals surface area contributed by atoms with Gasteiger partial charge in [-0.15, -0.1) is 0 Å². The number of hydrogen-bond acceptors (Lipinski definition) is 5. The molecule has 2 amide bonds. The fourth-order valence-electron chi connectivity index (χ4n) is 5.63. The number of carbonyl (C=O) groups excluding carboxylic acids is 2. The fourth-order valence-corrected chi connectivity index (χ4v) is 5.78. The van der Waals surface area contributed by atoms with Gasteiger partial charge in [-0.2, -0.15) is 0 Å². The smallest absolute Gasteiger partial charge is 0.272 e. The number of nitrogens with zero attached hydrogens (tertiary/aromatic N) is 2. The summed E-state index contributed by atoms with van der Waals surface area (Å²) in [5.74, 6) is -0.632. The highest BCUT2D eigenvalue weighted by molar-refractivity contribution is 6.76. The number of morpholine rings is 1. The van der Waals surface area contributed by atoms with E-state index in [-0.39, 0.29) is 18.3 Å². The number of ether oxygens (including phenoxy) is 2. The van der Waals surface area contributed by atoms with Crippen molar-refractivity contribution in [2.45, 2.75) is 42.4 Å². The van der Waals surface area contributed by atoms with Gasteiger partial charge in [-0.1, -0.05) is 91.1 Å². The molecule has 0 bridgehead atoms. The average molecular weight is 705 g/mol. The van der Waals surface area contributed by atoms with Gasteiger partial charge in [0.2, 0.25) is 0 Å². The normalized spacial score (nSPS) is 17.8. The minimum atomic E-state index is -2.16. The monoisotopic (exact) mass is 703 g/mol. The molecule has 2 aliphatic rings. The van der Waals surface area contributed by atoms with Crippen LogP contribution < -0.4 is 15.0 Å². The maximum atomic E-state index is 13.8. The number of anilines is 1. The van der Waals surface area contributed by atoms with Crippen LogP contribution in [0.1, 0.15) is 42.6 Å². The third-order valence-electron chi connectivity index (χ3n) is 7.82. The fraction of sp³-hybridized carbons (Fsp3) is 0.389. The predicted octanol–water partition coefficient (Wildman–Crippen LogP) is 7.40. The first-order chi connectivity index (χ1) is 22.6. The Hall–Kier alpha value is -3.14. The van der Waals surface area contributed by atoms with Crippen molar-refractivity contribution in [3.8, 4) is 5.75 Å². The van der Waals surface area contributed by atoms with E-state index in [1.54, 1.807) is 29.2 Å². The molecule has 1 saturated heterocycles. The maximum Gasteiger partial charge on any atom is 0.272 e. The van der Waals surface area contributed by atoms with E-state index >= 15 is 0 Å². The van der Waals surface area contributed by atoms with Gasteiger partial charge in [-0.25, -0.2) is 4.39 Å². The number of alkyl halides is 3. The van der Waals surface area contributed by atoms with Gasteiger partial charge < -0.3 is 19.7 Å². The molecule has 0 aromatic heterocycles. The summed E-state index contributed by atoms with van der Waals surface area (Å²) in [5, 5.41) is 2.86. The summed E-state index contributed by atoms with van der Waals surface area (Å²) < 4.78 is 22.9. The quantitative estimate of drug-likeness (QED) is 0.121. The summed E-state index contributed by atoms with van der Waals surface area (Å²) in [5.41, 5.74) is 2.05. The van der Waals surface area contributed by atoms with Gasteiger partial charge in [-0.05, 0) is 66.8 Å². The Balaban J connectivity index is 0.00000245. The molecule has 1 aliphatic heterocycles. The highest BCUT2D eigenvalue weighted by Gasteiger charge is 2.43. The molecular weight excluding hydrogens is 664 g/mol. The molecule has 1 fully saturated rings. The molecule has 3 aromatic rings. The lowest BCUT2D eigenvalue weighted by molar-refractivity contribution is -0.121. The number of rotatable bonds is 12. The van der Waals surface area contributed by atoms with Crippen molar-refractivity contribution in [2.24, 2.45) is 0 Å². The Morgan fingerprint density at radius 3 is 2.34 bits per heavy atom. The lowest BCUT2D eigenvalue weighted by Crippen LogP contribution is -2.57. The van der Waals surface area contributed by atoms with Crippen molar-refractivity contribution in [3.63, 3.8) is 0 Å². The molecule has 3 aromatic carbocycles. The first-order valence-corrected chi connectivity index (χ1v) is 17.0. The van der Waals surface area contributed by atoms with E-state index in [1.165, 1.54) is 12.1 Å². The molecule has 0 radical (unpaired) electrons. The zero-order valence-electron chi connectivity index (χ0n) is 26.7. The number of nitrogens with one attached hydrogen (secondary N) is 1. The van der Waals surface area contributed by atoms with Crippen molar-refractivity contribution in [1.29, 1.82) is 0 Å². The van der Waals surface area contributed by atoms with Crippen LogP contribution in [0.5, 0.6) is 5.75 Å². The lowest BCUT2D eigenvalue weighted by atomic mass is 9.74. The number of carbonyl (C=O) groups is 2. The molecule has 1 atom stereocenters. The Morgan fingerprint density at radius 2 is 1.68 bits per heavy atom. The molecule has 0 spiro atoms. The first-order valence-electron chi connectivity index (χ1n) is 15.8. The predicted molar refractivity (Wildman–Crippen MR) is 187 cm³/mol. The Bertz CT molecular complexity index is 1500. The number of hydrogen-bond donors (Lipinski definition) is 1. The number of halogens is 4. The maximum absolute atomic E-state index is 13.8. The number of amides is 2. The molecule has 11 heteroatoms. The summed E-state index contributed by atoms with van der Waals surface area (Å²) in [6.45, 7) is 9.14. The summed E-state index contributed by atoms with van der Waals surface area (Å²) in [7, 11) is 0. The van der Waals surface area contributed by atoms with Crippen molar-refractivity contribution in [3.05, 3.63) is 107 Å². The highest BCUT2D eigenvalue weighted by atomic mass is 35.6. The largest absolute Gasteiger partial charge is 0.493 e. The van der Waals surface area contributed by atoms with Crippen molar-refractivity contribution in [1.82, 2.24) is 10.2 Å². The zero-order valence-corrected chi connectivity index (χ0v) is 29.0. The van der Waals surface area contributed by atoms with E-state index in [4.69, 9.17) is 44.3 Å². The second-order valence-electron chi connectivity index (χ2n) is 11.3. The molecule has 0 saturated carbocycles. The van der Waals surface area contributed by atoms with E-state index in [0.717, 1.165) is 50.4 Å². The summed E-state index contributed by atoms with van der Waals surface area (Å²) in [4.78, 5) is 30.6. The molecule has 1 heterocycles. The Kier molecular flexibility index (Phi) is 13.5. The SMILES string of the molecule is CC.O=C(c1ccccc1)N(CC1=CC(Cc2ccc(F)cc2)(NC(=O)C(Cl)(Cl)Cl)C1)c1cccc(OCCCN2CCOCC2)c1. The van der Waals surface area contributed by atoms with Crippen LogP contribution in [0.2, 0.25) is 0 Å². The van der Waals surface area contributed by atoms with Crippen molar-refractivity contribution in [2.75, 3.05) is 50.9 Å². The van der Waals surface area contributed by atoms with Crippen LogP contribution in [-0.2, 0) is 16.0 Å². The molecular formula is C36H41Cl3FN3O4. The molecule has 1 unspecified atom stereocenters. The van der Waals surface area contributed by atoms with Gasteiger partial charge in [0.05, 0.1) is 25.4 Å².